The Kier molecular flexibility index (Phi) is 5.87. The maximum Gasteiger partial charge on any atom is 0.223 e. The lowest BCUT2D eigenvalue weighted by atomic mass is 9.95. The van der Waals surface area contributed by atoms with Crippen molar-refractivity contribution in [2.24, 2.45) is 5.92 Å². The van der Waals surface area contributed by atoms with Crippen molar-refractivity contribution in [1.29, 1.82) is 0 Å². The van der Waals surface area contributed by atoms with Crippen molar-refractivity contribution in [2.45, 2.75) is 32.2 Å². The van der Waals surface area contributed by atoms with Gasteiger partial charge in [0.05, 0.1) is 11.9 Å². The standard InChI is InChI=1S/C21H25F2N5O/c22-17-3-4-18(23)16(11-17)12-25-21(29)15-5-9-27(10-6-15)19-13-24-14-26-20(19)28-7-1-2-8-28/h3-4,11,13-15H,1-2,5-10,12H2,(H,25,29). The van der Waals surface area contributed by atoms with Gasteiger partial charge in [-0.25, -0.2) is 18.7 Å². The van der Waals surface area contributed by atoms with Crippen LogP contribution in [0.5, 0.6) is 0 Å². The van der Waals surface area contributed by atoms with Crippen LogP contribution in [0.2, 0.25) is 0 Å². The van der Waals surface area contributed by atoms with E-state index in [4.69, 9.17) is 0 Å². The van der Waals surface area contributed by atoms with Crippen LogP contribution < -0.4 is 15.1 Å². The second-order valence-electron chi connectivity index (χ2n) is 7.64. The fourth-order valence-electron chi connectivity index (χ4n) is 4.10. The number of halogens is 2. The molecule has 0 saturated carbocycles. The summed E-state index contributed by atoms with van der Waals surface area (Å²) in [6.45, 7) is 3.49. The second-order valence-corrected chi connectivity index (χ2v) is 7.64. The Morgan fingerprint density at radius 3 is 2.62 bits per heavy atom. The van der Waals surface area contributed by atoms with Crippen LogP contribution in [0.1, 0.15) is 31.2 Å². The van der Waals surface area contributed by atoms with Crippen LogP contribution in [0.4, 0.5) is 20.3 Å². The molecule has 0 unspecified atom stereocenters. The number of hydrogen-bond donors (Lipinski definition) is 1. The highest BCUT2D eigenvalue weighted by molar-refractivity contribution is 5.79. The first-order valence-corrected chi connectivity index (χ1v) is 10.1. The van der Waals surface area contributed by atoms with E-state index >= 15 is 0 Å². The Balaban J connectivity index is 1.34. The molecule has 2 aromatic rings. The molecule has 1 amide bonds. The van der Waals surface area contributed by atoms with Crippen LogP contribution in [0.25, 0.3) is 0 Å². The minimum atomic E-state index is -0.514. The maximum absolute atomic E-state index is 13.7. The molecule has 1 aromatic heterocycles. The van der Waals surface area contributed by atoms with E-state index in [2.05, 4.69) is 25.1 Å². The first-order chi connectivity index (χ1) is 14.1. The summed E-state index contributed by atoms with van der Waals surface area (Å²) in [5, 5.41) is 2.75. The van der Waals surface area contributed by atoms with Gasteiger partial charge in [-0.05, 0) is 43.9 Å². The zero-order valence-corrected chi connectivity index (χ0v) is 16.3. The number of amides is 1. The molecule has 6 nitrogen and oxygen atoms in total. The van der Waals surface area contributed by atoms with Crippen LogP contribution >= 0.6 is 0 Å². The molecule has 29 heavy (non-hydrogen) atoms. The van der Waals surface area contributed by atoms with E-state index < -0.39 is 11.6 Å². The molecular weight excluding hydrogens is 376 g/mol. The third-order valence-electron chi connectivity index (χ3n) is 5.75. The van der Waals surface area contributed by atoms with Crippen LogP contribution in [0, 0.1) is 17.6 Å². The van der Waals surface area contributed by atoms with Gasteiger partial charge in [-0.2, -0.15) is 0 Å². The largest absolute Gasteiger partial charge is 0.367 e. The highest BCUT2D eigenvalue weighted by Gasteiger charge is 2.28. The summed E-state index contributed by atoms with van der Waals surface area (Å²) in [7, 11) is 0. The number of nitrogens with zero attached hydrogens (tertiary/aromatic N) is 4. The third kappa shape index (κ3) is 4.46. The Hall–Kier alpha value is -2.77. The lowest BCUT2D eigenvalue weighted by molar-refractivity contribution is -0.125. The lowest BCUT2D eigenvalue weighted by Gasteiger charge is -2.34. The number of carbonyl (C=O) groups is 1. The van der Waals surface area contributed by atoms with Crippen molar-refractivity contribution in [2.75, 3.05) is 36.0 Å². The fraction of sp³-hybridized carbons (Fsp3) is 0.476. The molecule has 2 aliphatic heterocycles. The van der Waals surface area contributed by atoms with Crippen molar-refractivity contribution >= 4 is 17.4 Å². The minimum Gasteiger partial charge on any atom is -0.367 e. The third-order valence-corrected chi connectivity index (χ3v) is 5.75. The number of nitrogens with one attached hydrogen (secondary N) is 1. The predicted molar refractivity (Wildman–Crippen MR) is 107 cm³/mol. The Labute approximate surface area is 168 Å². The van der Waals surface area contributed by atoms with Gasteiger partial charge in [0.2, 0.25) is 5.91 Å². The van der Waals surface area contributed by atoms with E-state index in [-0.39, 0.29) is 23.9 Å². The van der Waals surface area contributed by atoms with E-state index in [0.717, 1.165) is 55.9 Å². The van der Waals surface area contributed by atoms with Crippen LogP contribution in [-0.2, 0) is 11.3 Å². The van der Waals surface area contributed by atoms with Gasteiger partial charge < -0.3 is 15.1 Å². The van der Waals surface area contributed by atoms with E-state index in [0.29, 0.717) is 12.8 Å². The fourth-order valence-corrected chi connectivity index (χ4v) is 4.10. The van der Waals surface area contributed by atoms with Gasteiger partial charge in [0.25, 0.3) is 0 Å². The molecule has 4 rings (SSSR count). The van der Waals surface area contributed by atoms with Crippen molar-refractivity contribution in [1.82, 2.24) is 15.3 Å². The molecular formula is C21H25F2N5O. The average Bonchev–Trinajstić information content (AvgIpc) is 3.29. The van der Waals surface area contributed by atoms with Crippen molar-refractivity contribution in [3.63, 3.8) is 0 Å². The maximum atomic E-state index is 13.7. The molecule has 8 heteroatoms. The highest BCUT2D eigenvalue weighted by Crippen LogP contribution is 2.31. The zero-order chi connectivity index (χ0) is 20.2. The second kappa shape index (κ2) is 8.71. The van der Waals surface area contributed by atoms with E-state index in [9.17, 15) is 13.6 Å². The van der Waals surface area contributed by atoms with E-state index in [1.807, 2.05) is 6.20 Å². The Morgan fingerprint density at radius 2 is 1.86 bits per heavy atom. The number of carbonyl (C=O) groups excluding carboxylic acids is 1. The molecule has 1 N–H and O–H groups in total. The Morgan fingerprint density at radius 1 is 1.10 bits per heavy atom. The molecule has 0 aliphatic carbocycles. The average molecular weight is 401 g/mol. The summed E-state index contributed by atoms with van der Waals surface area (Å²) < 4.78 is 27.0. The molecule has 154 valence electrons. The number of hydrogen-bond acceptors (Lipinski definition) is 5. The summed E-state index contributed by atoms with van der Waals surface area (Å²) in [4.78, 5) is 25.7. The van der Waals surface area contributed by atoms with Gasteiger partial charge in [0.15, 0.2) is 5.82 Å². The van der Waals surface area contributed by atoms with E-state index in [1.54, 1.807) is 6.33 Å². The molecule has 2 aliphatic rings. The normalized spacial score (nSPS) is 17.6. The number of piperidine rings is 1. The summed E-state index contributed by atoms with van der Waals surface area (Å²) in [5.41, 5.74) is 1.18. The van der Waals surface area contributed by atoms with Gasteiger partial charge in [0, 0.05) is 44.2 Å². The molecule has 0 spiro atoms. The highest BCUT2D eigenvalue weighted by atomic mass is 19.1. The topological polar surface area (TPSA) is 61.4 Å². The molecule has 1 aromatic carbocycles. The smallest absolute Gasteiger partial charge is 0.223 e. The number of benzene rings is 1. The van der Waals surface area contributed by atoms with Crippen LogP contribution in [-0.4, -0.2) is 42.1 Å². The van der Waals surface area contributed by atoms with Crippen LogP contribution in [0.15, 0.2) is 30.7 Å². The minimum absolute atomic E-state index is 0.00568. The van der Waals surface area contributed by atoms with Gasteiger partial charge >= 0.3 is 0 Å². The van der Waals surface area contributed by atoms with Gasteiger partial charge in [-0.3, -0.25) is 4.79 Å². The molecule has 3 heterocycles. The SMILES string of the molecule is O=C(NCc1cc(F)ccc1F)C1CCN(c2cncnc2N2CCCC2)CC1. The number of rotatable bonds is 5. The molecule has 0 bridgehead atoms. The first kappa shape index (κ1) is 19.5. The van der Waals surface area contributed by atoms with Crippen LogP contribution in [0.3, 0.4) is 0 Å². The lowest BCUT2D eigenvalue weighted by Crippen LogP contribution is -2.41. The monoisotopic (exact) mass is 401 g/mol. The zero-order valence-electron chi connectivity index (χ0n) is 16.3. The Bertz CT molecular complexity index is 864. The van der Waals surface area contributed by atoms with Crippen molar-refractivity contribution in [3.05, 3.63) is 47.9 Å². The van der Waals surface area contributed by atoms with Gasteiger partial charge in [0.1, 0.15) is 18.0 Å². The van der Waals surface area contributed by atoms with E-state index in [1.165, 1.54) is 12.8 Å². The molecule has 2 fully saturated rings. The summed E-state index contributed by atoms with van der Waals surface area (Å²) >= 11 is 0. The summed E-state index contributed by atoms with van der Waals surface area (Å²) in [6.07, 6.45) is 7.20. The predicted octanol–water partition coefficient (Wildman–Crippen LogP) is 2.89. The number of aromatic nitrogens is 2. The molecule has 0 radical (unpaired) electrons. The number of anilines is 2. The quantitative estimate of drug-likeness (QED) is 0.835. The van der Waals surface area contributed by atoms with Gasteiger partial charge in [-0.15, -0.1) is 0 Å². The molecule has 2 saturated heterocycles. The summed E-state index contributed by atoms with van der Waals surface area (Å²) in [5.74, 6) is -0.301. The first-order valence-electron chi connectivity index (χ1n) is 10.1. The van der Waals surface area contributed by atoms with Crippen molar-refractivity contribution < 1.29 is 13.6 Å². The molecule has 0 atom stereocenters. The van der Waals surface area contributed by atoms with Gasteiger partial charge in [-0.1, -0.05) is 0 Å². The van der Waals surface area contributed by atoms with Crippen molar-refractivity contribution in [3.8, 4) is 0 Å². The summed E-state index contributed by atoms with van der Waals surface area (Å²) in [6, 6.07) is 3.27.